The molecule has 9 heteroatoms. The molecule has 1 amide bonds. The highest BCUT2D eigenvalue weighted by molar-refractivity contribution is 7.89. The van der Waals surface area contributed by atoms with Crippen molar-refractivity contribution >= 4 is 21.6 Å². The van der Waals surface area contributed by atoms with Crippen molar-refractivity contribution in [1.82, 2.24) is 9.73 Å². The molecule has 0 aliphatic rings. The molecule has 0 heterocycles. The van der Waals surface area contributed by atoms with Crippen LogP contribution in [0.5, 0.6) is 11.5 Å². The fourth-order valence-electron chi connectivity index (χ4n) is 2.68. The van der Waals surface area contributed by atoms with Crippen molar-refractivity contribution in [3.05, 3.63) is 54.1 Å². The van der Waals surface area contributed by atoms with Gasteiger partial charge < -0.3 is 9.47 Å². The van der Waals surface area contributed by atoms with E-state index in [1.807, 2.05) is 30.3 Å². The molecule has 0 unspecified atom stereocenters. The molecule has 0 bridgehead atoms. The zero-order chi connectivity index (χ0) is 22.1. The Labute approximate surface area is 177 Å². The van der Waals surface area contributed by atoms with Crippen molar-refractivity contribution in [3.63, 3.8) is 0 Å². The van der Waals surface area contributed by atoms with E-state index in [0.717, 1.165) is 9.87 Å². The summed E-state index contributed by atoms with van der Waals surface area (Å²) in [7, 11) is -1.07. The second kappa shape index (κ2) is 10.7. The Kier molecular flexibility index (Phi) is 8.37. The average Bonchev–Trinajstić information content (AvgIpc) is 2.75. The Hall–Kier alpha value is -2.91. The van der Waals surface area contributed by atoms with Crippen molar-refractivity contribution in [1.29, 1.82) is 0 Å². The normalized spacial score (nSPS) is 11.1. The first kappa shape index (κ1) is 23.4. The van der Waals surface area contributed by atoms with Crippen LogP contribution in [0.3, 0.4) is 0 Å². The molecule has 0 spiro atoms. The third kappa shape index (κ3) is 6.30. The Balaban J connectivity index is 2.32. The number of sulfonamides is 1. The van der Waals surface area contributed by atoms with Crippen LogP contribution in [0.4, 0.5) is 0 Å². The smallest absolute Gasteiger partial charge is 0.255 e. The van der Waals surface area contributed by atoms with Gasteiger partial charge in [0.2, 0.25) is 10.0 Å². The van der Waals surface area contributed by atoms with E-state index >= 15 is 0 Å². The Morgan fingerprint density at radius 1 is 1.03 bits per heavy atom. The van der Waals surface area contributed by atoms with E-state index in [4.69, 9.17) is 9.47 Å². The third-order valence-corrected chi connectivity index (χ3v) is 6.05. The van der Waals surface area contributed by atoms with E-state index in [0.29, 0.717) is 17.9 Å². The second-order valence-electron chi connectivity index (χ2n) is 6.68. The van der Waals surface area contributed by atoms with Gasteiger partial charge in [-0.25, -0.2) is 13.8 Å². The monoisotopic (exact) mass is 433 g/mol. The van der Waals surface area contributed by atoms with Crippen LogP contribution < -0.4 is 14.9 Å². The van der Waals surface area contributed by atoms with Crippen molar-refractivity contribution < 1.29 is 22.7 Å². The van der Waals surface area contributed by atoms with Gasteiger partial charge in [-0.3, -0.25) is 4.79 Å². The lowest BCUT2D eigenvalue weighted by atomic mass is 10.1. The number of ether oxygens (including phenoxy) is 2. The summed E-state index contributed by atoms with van der Waals surface area (Å²) in [4.78, 5) is 12.3. The SMILES string of the molecule is COc1ccc(S(=O)(=O)N(CCc2ccccc2)CC(=O)NN=C(C)C)cc1OC. The summed E-state index contributed by atoms with van der Waals surface area (Å²) >= 11 is 0. The van der Waals surface area contributed by atoms with Gasteiger partial charge in [0.05, 0.1) is 25.7 Å². The average molecular weight is 434 g/mol. The van der Waals surface area contributed by atoms with E-state index in [1.54, 1.807) is 13.8 Å². The van der Waals surface area contributed by atoms with Gasteiger partial charge in [-0.2, -0.15) is 9.41 Å². The van der Waals surface area contributed by atoms with Gasteiger partial charge in [-0.15, -0.1) is 0 Å². The van der Waals surface area contributed by atoms with Crippen LogP contribution >= 0.6 is 0 Å². The molecule has 2 aromatic rings. The number of nitrogens with one attached hydrogen (secondary N) is 1. The Morgan fingerprint density at radius 3 is 2.30 bits per heavy atom. The lowest BCUT2D eigenvalue weighted by Gasteiger charge is -2.22. The highest BCUT2D eigenvalue weighted by Gasteiger charge is 2.27. The van der Waals surface area contributed by atoms with E-state index in [1.165, 1.54) is 32.4 Å². The third-order valence-electron chi connectivity index (χ3n) is 4.21. The number of carbonyl (C=O) groups excluding carboxylic acids is 1. The van der Waals surface area contributed by atoms with Crippen molar-refractivity contribution in [3.8, 4) is 11.5 Å². The minimum Gasteiger partial charge on any atom is -0.493 e. The van der Waals surface area contributed by atoms with E-state index in [-0.39, 0.29) is 23.7 Å². The van der Waals surface area contributed by atoms with Gasteiger partial charge in [0.15, 0.2) is 11.5 Å². The molecule has 2 rings (SSSR count). The van der Waals surface area contributed by atoms with Crippen LogP contribution in [0, 0.1) is 0 Å². The minimum atomic E-state index is -3.97. The van der Waals surface area contributed by atoms with Crippen molar-refractivity contribution in [2.45, 2.75) is 25.2 Å². The number of hydrazone groups is 1. The van der Waals surface area contributed by atoms with Gasteiger partial charge in [-0.05, 0) is 38.0 Å². The number of methoxy groups -OCH3 is 2. The lowest BCUT2D eigenvalue weighted by molar-refractivity contribution is -0.121. The molecule has 0 aliphatic carbocycles. The van der Waals surface area contributed by atoms with Crippen LogP contribution in [-0.4, -0.2) is 51.7 Å². The summed E-state index contributed by atoms with van der Waals surface area (Å²) in [6.07, 6.45) is 0.455. The van der Waals surface area contributed by atoms with Crippen LogP contribution in [0.25, 0.3) is 0 Å². The number of hydrogen-bond donors (Lipinski definition) is 1. The molecule has 30 heavy (non-hydrogen) atoms. The highest BCUT2D eigenvalue weighted by Crippen LogP contribution is 2.30. The predicted octanol–water partition coefficient (Wildman–Crippen LogP) is 2.45. The van der Waals surface area contributed by atoms with E-state index in [9.17, 15) is 13.2 Å². The topological polar surface area (TPSA) is 97.3 Å². The van der Waals surface area contributed by atoms with Crippen LogP contribution in [-0.2, 0) is 21.2 Å². The lowest BCUT2D eigenvalue weighted by Crippen LogP contribution is -2.40. The number of rotatable bonds is 10. The van der Waals surface area contributed by atoms with Gasteiger partial charge in [0, 0.05) is 18.3 Å². The van der Waals surface area contributed by atoms with Crippen molar-refractivity contribution in [2.75, 3.05) is 27.3 Å². The maximum Gasteiger partial charge on any atom is 0.255 e. The van der Waals surface area contributed by atoms with Crippen LogP contribution in [0.1, 0.15) is 19.4 Å². The molecule has 8 nitrogen and oxygen atoms in total. The Bertz CT molecular complexity index is 987. The van der Waals surface area contributed by atoms with Gasteiger partial charge in [0.25, 0.3) is 5.91 Å². The molecule has 2 aromatic carbocycles. The molecule has 0 saturated carbocycles. The zero-order valence-electron chi connectivity index (χ0n) is 17.6. The fourth-order valence-corrected chi connectivity index (χ4v) is 4.09. The fraction of sp³-hybridized carbons (Fsp3) is 0.333. The molecule has 0 aliphatic heterocycles. The second-order valence-corrected chi connectivity index (χ2v) is 8.62. The molecule has 0 saturated heterocycles. The largest absolute Gasteiger partial charge is 0.493 e. The predicted molar refractivity (Wildman–Crippen MR) is 115 cm³/mol. The molecular formula is C21H27N3O5S. The summed E-state index contributed by atoms with van der Waals surface area (Å²) in [5.74, 6) is 0.184. The molecule has 1 N–H and O–H groups in total. The number of benzene rings is 2. The first-order chi connectivity index (χ1) is 14.3. The van der Waals surface area contributed by atoms with Crippen LogP contribution in [0.2, 0.25) is 0 Å². The maximum absolute atomic E-state index is 13.3. The van der Waals surface area contributed by atoms with Gasteiger partial charge >= 0.3 is 0 Å². The molecule has 0 radical (unpaired) electrons. The highest BCUT2D eigenvalue weighted by atomic mass is 32.2. The molecular weight excluding hydrogens is 406 g/mol. The zero-order valence-corrected chi connectivity index (χ0v) is 18.4. The van der Waals surface area contributed by atoms with E-state index in [2.05, 4.69) is 10.5 Å². The Morgan fingerprint density at radius 2 is 1.70 bits per heavy atom. The number of hydrogen-bond acceptors (Lipinski definition) is 6. The molecule has 0 fully saturated rings. The maximum atomic E-state index is 13.3. The first-order valence-electron chi connectivity index (χ1n) is 9.33. The number of carbonyl (C=O) groups is 1. The van der Waals surface area contributed by atoms with Crippen molar-refractivity contribution in [2.24, 2.45) is 5.10 Å². The molecule has 0 atom stereocenters. The van der Waals surface area contributed by atoms with Gasteiger partial charge in [-0.1, -0.05) is 30.3 Å². The quantitative estimate of drug-likeness (QED) is 0.459. The molecule has 162 valence electrons. The number of amides is 1. The summed E-state index contributed by atoms with van der Waals surface area (Å²) in [6.45, 7) is 3.23. The minimum absolute atomic E-state index is 0.0104. The van der Waals surface area contributed by atoms with E-state index < -0.39 is 15.9 Å². The van der Waals surface area contributed by atoms with Crippen LogP contribution in [0.15, 0.2) is 58.5 Å². The standard InChI is InChI=1S/C21H27N3O5S/c1-16(2)22-23-21(25)15-24(13-12-17-8-6-5-7-9-17)30(26,27)18-10-11-19(28-3)20(14-18)29-4/h5-11,14H,12-13,15H2,1-4H3,(H,23,25). The summed E-state index contributed by atoms with van der Waals surface area (Å²) in [5.41, 5.74) is 3.99. The summed E-state index contributed by atoms with van der Waals surface area (Å²) < 4.78 is 38.2. The van der Waals surface area contributed by atoms with Gasteiger partial charge in [0.1, 0.15) is 0 Å². The summed E-state index contributed by atoms with van der Waals surface area (Å²) in [5, 5.41) is 3.86. The summed E-state index contributed by atoms with van der Waals surface area (Å²) in [6, 6.07) is 13.8. The molecule has 0 aromatic heterocycles. The first-order valence-corrected chi connectivity index (χ1v) is 10.8. The number of nitrogens with zero attached hydrogens (tertiary/aromatic N) is 2.